The predicted octanol–water partition coefficient (Wildman–Crippen LogP) is 1.51. The molecule has 11 heteroatoms. The molecule has 0 radical (unpaired) electrons. The summed E-state index contributed by atoms with van der Waals surface area (Å²) in [5, 5.41) is 13.1. The molecule has 10 nitrogen and oxygen atoms in total. The molecule has 2 heterocycles. The van der Waals surface area contributed by atoms with Crippen molar-refractivity contribution in [3.8, 4) is 5.75 Å². The highest BCUT2D eigenvalue weighted by Crippen LogP contribution is 2.31. The van der Waals surface area contributed by atoms with Crippen molar-refractivity contribution in [1.29, 1.82) is 0 Å². The Labute approximate surface area is 178 Å². The van der Waals surface area contributed by atoms with Gasteiger partial charge in [-0.05, 0) is 37.1 Å². The first kappa shape index (κ1) is 22.1. The summed E-state index contributed by atoms with van der Waals surface area (Å²) in [6, 6.07) is 8.01. The number of nitrogens with zero attached hydrogens (tertiary/aromatic N) is 1. The van der Waals surface area contributed by atoms with E-state index in [2.05, 4.69) is 15.0 Å². The molecular formula is C20H21BN2O8. The van der Waals surface area contributed by atoms with Crippen molar-refractivity contribution in [3.05, 3.63) is 59.4 Å². The molecule has 0 bridgehead atoms. The topological polar surface area (TPSA) is 133 Å². The Morgan fingerprint density at radius 2 is 2.10 bits per heavy atom. The molecule has 2 aromatic rings. The van der Waals surface area contributed by atoms with E-state index in [1.807, 2.05) is 0 Å². The van der Waals surface area contributed by atoms with Gasteiger partial charge in [0.1, 0.15) is 11.3 Å². The summed E-state index contributed by atoms with van der Waals surface area (Å²) in [6.07, 6.45) is 1.02. The van der Waals surface area contributed by atoms with E-state index in [1.165, 1.54) is 19.2 Å². The lowest BCUT2D eigenvalue weighted by molar-refractivity contribution is -0.0812. The van der Waals surface area contributed by atoms with E-state index in [0.717, 1.165) is 0 Å². The largest absolute Gasteiger partial charge is 0.547 e. The number of amides is 1. The van der Waals surface area contributed by atoms with E-state index in [-0.39, 0.29) is 24.3 Å². The van der Waals surface area contributed by atoms with E-state index in [0.29, 0.717) is 11.1 Å². The average molecular weight is 428 g/mol. The molecule has 0 saturated heterocycles. The van der Waals surface area contributed by atoms with Crippen LogP contribution in [-0.4, -0.2) is 54.0 Å². The van der Waals surface area contributed by atoms with Crippen LogP contribution in [0.15, 0.2) is 42.7 Å². The van der Waals surface area contributed by atoms with E-state index in [9.17, 15) is 19.4 Å². The summed E-state index contributed by atoms with van der Waals surface area (Å²) in [7, 11) is -1.39. The lowest BCUT2D eigenvalue weighted by Crippen LogP contribution is -2.53. The van der Waals surface area contributed by atoms with Gasteiger partial charge in [0.05, 0.1) is 18.1 Å². The van der Waals surface area contributed by atoms with Gasteiger partial charge in [-0.25, -0.2) is 9.59 Å². The lowest BCUT2D eigenvalue weighted by Gasteiger charge is -2.29. The van der Waals surface area contributed by atoms with Crippen LogP contribution in [0.5, 0.6) is 5.75 Å². The molecule has 1 aromatic carbocycles. The molecule has 3 rings (SSSR count). The molecule has 1 amide bonds. The maximum Gasteiger partial charge on any atom is 0.547 e. The summed E-state index contributed by atoms with van der Waals surface area (Å²) in [6.45, 7) is 3.10. The van der Waals surface area contributed by atoms with Gasteiger partial charge < -0.3 is 29.2 Å². The number of hydrogen-bond donors (Lipinski definition) is 2. The Morgan fingerprint density at radius 3 is 2.81 bits per heavy atom. The average Bonchev–Trinajstić information content (AvgIpc) is 2.74. The zero-order valence-corrected chi connectivity index (χ0v) is 16.9. The zero-order chi connectivity index (χ0) is 22.4. The van der Waals surface area contributed by atoms with E-state index >= 15 is 0 Å². The Balaban J connectivity index is 1.69. The van der Waals surface area contributed by atoms with Crippen molar-refractivity contribution in [1.82, 2.24) is 10.3 Å². The molecule has 162 valence electrons. The number of nitrogens with one attached hydrogen (secondary N) is 1. The number of fused-ring (bicyclic) bond motifs is 1. The molecule has 1 aromatic heterocycles. The van der Waals surface area contributed by atoms with Gasteiger partial charge in [-0.1, -0.05) is 12.1 Å². The normalized spacial score (nSPS) is 15.7. The van der Waals surface area contributed by atoms with Crippen molar-refractivity contribution >= 4 is 25.2 Å². The second kappa shape index (κ2) is 9.94. The van der Waals surface area contributed by atoms with Gasteiger partial charge in [0.15, 0.2) is 0 Å². The lowest BCUT2D eigenvalue weighted by atomic mass is 9.72. The van der Waals surface area contributed by atoms with Crippen molar-refractivity contribution < 1.29 is 38.3 Å². The number of hydrogen-bond acceptors (Lipinski definition) is 9. The Hall–Kier alpha value is -3.60. The molecule has 31 heavy (non-hydrogen) atoms. The van der Waals surface area contributed by atoms with Gasteiger partial charge in [0.25, 0.3) is 5.91 Å². The van der Waals surface area contributed by atoms with Crippen LogP contribution in [0.25, 0.3) is 0 Å². The third-order valence-corrected chi connectivity index (χ3v) is 4.38. The maximum atomic E-state index is 12.5. The van der Waals surface area contributed by atoms with Crippen LogP contribution in [0.3, 0.4) is 0 Å². The fraction of sp³-hybridized carbons (Fsp3) is 0.300. The number of rotatable bonds is 6. The van der Waals surface area contributed by atoms with Gasteiger partial charge in [-0.3, -0.25) is 9.78 Å². The molecule has 2 atom stereocenters. The number of esters is 1. The molecule has 0 fully saturated rings. The maximum absolute atomic E-state index is 12.5. The second-order valence-corrected chi connectivity index (χ2v) is 6.60. The second-order valence-electron chi connectivity index (χ2n) is 6.60. The monoisotopic (exact) mass is 428 g/mol. The van der Waals surface area contributed by atoms with Gasteiger partial charge in [-0.2, -0.15) is 0 Å². The van der Waals surface area contributed by atoms with E-state index in [4.69, 9.17) is 14.1 Å². The number of carbonyl (C=O) groups excluding carboxylic acids is 3. The van der Waals surface area contributed by atoms with Gasteiger partial charge in [0.2, 0.25) is 6.29 Å². The van der Waals surface area contributed by atoms with Crippen molar-refractivity contribution in [2.24, 2.45) is 0 Å². The molecule has 0 spiro atoms. The van der Waals surface area contributed by atoms with Gasteiger partial charge >= 0.3 is 19.2 Å². The standard InChI is InChI=1S/C20H21BN2O8/c1-3-28-20(26)30-12(2)29-19(25)15-8-4-6-13-10-16(21(27)31-17(13)15)23-18(24)14-7-5-9-22-11-14/h4-9,11-12,16,27H,3,10H2,1-2H3,(H,23,24)/t12?,16-/m0/s1. The van der Waals surface area contributed by atoms with E-state index in [1.54, 1.807) is 37.4 Å². The molecule has 0 saturated carbocycles. The Morgan fingerprint density at radius 1 is 1.29 bits per heavy atom. The number of pyridine rings is 1. The molecule has 1 aliphatic rings. The van der Waals surface area contributed by atoms with Crippen LogP contribution in [0.2, 0.25) is 0 Å². The number of aromatic nitrogens is 1. The quantitative estimate of drug-likeness (QED) is 0.399. The van der Waals surface area contributed by atoms with Crippen molar-refractivity contribution in [2.75, 3.05) is 6.61 Å². The first-order chi connectivity index (χ1) is 14.9. The predicted molar refractivity (Wildman–Crippen MR) is 107 cm³/mol. The van der Waals surface area contributed by atoms with Crippen LogP contribution in [0.4, 0.5) is 4.79 Å². The van der Waals surface area contributed by atoms with Crippen LogP contribution < -0.4 is 9.97 Å². The Kier molecular flexibility index (Phi) is 7.09. The number of benzene rings is 1. The molecular weight excluding hydrogens is 407 g/mol. The summed E-state index contributed by atoms with van der Waals surface area (Å²) >= 11 is 0. The third-order valence-electron chi connectivity index (χ3n) is 4.38. The van der Waals surface area contributed by atoms with Gasteiger partial charge in [-0.15, -0.1) is 0 Å². The fourth-order valence-corrected chi connectivity index (χ4v) is 2.98. The summed E-state index contributed by atoms with van der Waals surface area (Å²) in [5.41, 5.74) is 0.983. The molecule has 1 aliphatic heterocycles. The number of carbonyl (C=O) groups is 3. The van der Waals surface area contributed by atoms with Crippen molar-refractivity contribution in [3.63, 3.8) is 0 Å². The summed E-state index contributed by atoms with van der Waals surface area (Å²) < 4.78 is 20.1. The minimum Gasteiger partial charge on any atom is -0.534 e. The summed E-state index contributed by atoms with van der Waals surface area (Å²) in [5.74, 6) is -1.82. The van der Waals surface area contributed by atoms with Gasteiger partial charge in [0, 0.05) is 19.3 Å². The molecule has 2 N–H and O–H groups in total. The molecule has 1 unspecified atom stereocenters. The highest BCUT2D eigenvalue weighted by Gasteiger charge is 2.38. The summed E-state index contributed by atoms with van der Waals surface area (Å²) in [4.78, 5) is 40.1. The Bertz CT molecular complexity index is 955. The molecule has 0 aliphatic carbocycles. The third kappa shape index (κ3) is 5.51. The minimum absolute atomic E-state index is 0.0490. The zero-order valence-electron chi connectivity index (χ0n) is 16.9. The van der Waals surface area contributed by atoms with Crippen LogP contribution in [0, 0.1) is 0 Å². The fourth-order valence-electron chi connectivity index (χ4n) is 2.98. The SMILES string of the molecule is CCOC(=O)OC(C)OC(=O)c1cccc2c1OB(O)[C@@H](NC(=O)c1cccnc1)C2. The minimum atomic E-state index is -1.39. The highest BCUT2D eigenvalue weighted by atomic mass is 16.8. The van der Waals surface area contributed by atoms with Crippen LogP contribution in [-0.2, 0) is 20.6 Å². The van der Waals surface area contributed by atoms with Crippen molar-refractivity contribution in [2.45, 2.75) is 32.5 Å². The van der Waals surface area contributed by atoms with Crippen LogP contribution in [0.1, 0.15) is 40.1 Å². The first-order valence-electron chi connectivity index (χ1n) is 9.61. The van der Waals surface area contributed by atoms with E-state index < -0.39 is 37.4 Å². The number of para-hydroxylation sites is 1. The number of ether oxygens (including phenoxy) is 3. The smallest absolute Gasteiger partial charge is 0.534 e. The first-order valence-corrected chi connectivity index (χ1v) is 9.61. The highest BCUT2D eigenvalue weighted by molar-refractivity contribution is 6.47. The van der Waals surface area contributed by atoms with Crippen LogP contribution >= 0.6 is 0 Å².